The summed E-state index contributed by atoms with van der Waals surface area (Å²) in [7, 11) is 0. The molecule has 0 aliphatic carbocycles. The Morgan fingerprint density at radius 3 is 2.25 bits per heavy atom. The molecule has 7 N–H and O–H groups in total. The molecule has 1 aliphatic rings. The molecule has 6 heteroatoms. The van der Waals surface area contributed by atoms with Gasteiger partial charge in [-0.2, -0.15) is 0 Å². The van der Waals surface area contributed by atoms with E-state index in [0.29, 0.717) is 0 Å². The molecule has 0 amide bonds. The van der Waals surface area contributed by atoms with Crippen LogP contribution in [0.25, 0.3) is 0 Å². The highest BCUT2D eigenvalue weighted by atomic mass is 16.6. The Morgan fingerprint density at radius 2 is 1.75 bits per heavy atom. The van der Waals surface area contributed by atoms with Crippen LogP contribution in [0.1, 0.15) is 0 Å². The van der Waals surface area contributed by atoms with Crippen molar-refractivity contribution >= 4 is 0 Å². The molecule has 1 saturated heterocycles. The van der Waals surface area contributed by atoms with Crippen LogP contribution >= 0.6 is 0 Å². The number of ether oxygens (including phenoxy) is 1. The van der Waals surface area contributed by atoms with E-state index in [-0.39, 0.29) is 6.61 Å². The smallest absolute Gasteiger partial charge is 0.172 e. The van der Waals surface area contributed by atoms with Gasteiger partial charge in [0.1, 0.15) is 6.10 Å². The Balaban J connectivity index is 2.63. The molecule has 1 heterocycles. The molecule has 0 saturated carbocycles. The number of rotatable bonds is 1. The molecular weight excluding hydrogens is 164 g/mol. The van der Waals surface area contributed by atoms with Crippen LogP contribution in [0.3, 0.4) is 0 Å². The predicted molar refractivity (Wildman–Crippen MR) is 39.9 cm³/mol. The van der Waals surface area contributed by atoms with Gasteiger partial charge in [0.05, 0.1) is 24.8 Å². The number of aliphatic hydroxyl groups excluding tert-OH is 3. The van der Waals surface area contributed by atoms with E-state index in [0.717, 1.165) is 0 Å². The highest BCUT2D eigenvalue weighted by Crippen LogP contribution is 2.16. The van der Waals surface area contributed by atoms with Crippen molar-refractivity contribution in [2.75, 3.05) is 6.61 Å². The normalized spacial score (nSPS) is 49.2. The van der Waals surface area contributed by atoms with Crippen LogP contribution < -0.4 is 11.5 Å². The summed E-state index contributed by atoms with van der Waals surface area (Å²) in [6.07, 6.45) is -3.07. The molecule has 1 fully saturated rings. The van der Waals surface area contributed by atoms with E-state index in [9.17, 15) is 5.11 Å². The van der Waals surface area contributed by atoms with Crippen molar-refractivity contribution in [2.45, 2.75) is 30.6 Å². The zero-order valence-electron chi connectivity index (χ0n) is 6.50. The largest absolute Gasteiger partial charge is 0.394 e. The lowest BCUT2D eigenvalue weighted by atomic mass is 9.96. The number of aliphatic hydroxyl groups is 3. The third-order valence-electron chi connectivity index (χ3n) is 2.04. The minimum Gasteiger partial charge on any atom is -0.394 e. The molecule has 0 spiro atoms. The van der Waals surface area contributed by atoms with Crippen molar-refractivity contribution < 1.29 is 20.1 Å². The van der Waals surface area contributed by atoms with Crippen molar-refractivity contribution in [1.29, 1.82) is 0 Å². The molecule has 12 heavy (non-hydrogen) atoms. The standard InChI is InChI=1S/C6H14N2O4/c7-3-2(1-9)12-6(11)4(8)5(3)10/h2-6,9-11H,1,7-8H2/t2-,3-,4+,5+,6+/m1/s1. The van der Waals surface area contributed by atoms with Crippen LogP contribution in [0.2, 0.25) is 0 Å². The van der Waals surface area contributed by atoms with E-state index in [1.165, 1.54) is 0 Å². The molecule has 1 rings (SSSR count). The van der Waals surface area contributed by atoms with Gasteiger partial charge in [-0.25, -0.2) is 0 Å². The summed E-state index contributed by atoms with van der Waals surface area (Å²) in [5, 5.41) is 27.1. The van der Waals surface area contributed by atoms with Crippen molar-refractivity contribution in [3.05, 3.63) is 0 Å². The summed E-state index contributed by atoms with van der Waals surface area (Å²) in [5.41, 5.74) is 10.8. The maximum Gasteiger partial charge on any atom is 0.172 e. The van der Waals surface area contributed by atoms with Crippen LogP contribution in [0.4, 0.5) is 0 Å². The van der Waals surface area contributed by atoms with E-state index in [4.69, 9.17) is 26.4 Å². The van der Waals surface area contributed by atoms with E-state index in [1.807, 2.05) is 0 Å². The molecule has 0 unspecified atom stereocenters. The first-order valence-corrected chi connectivity index (χ1v) is 3.71. The summed E-state index contributed by atoms with van der Waals surface area (Å²) < 4.78 is 4.83. The SMILES string of the molecule is N[C@H]1[C@@H](O)[C@H](N)[C@@H](CO)O[C@@H]1O. The second-order valence-corrected chi connectivity index (χ2v) is 2.89. The first kappa shape index (κ1) is 9.85. The van der Waals surface area contributed by atoms with Crippen molar-refractivity contribution in [3.8, 4) is 0 Å². The molecule has 0 bridgehead atoms. The quantitative estimate of drug-likeness (QED) is 0.287. The average molecular weight is 178 g/mol. The van der Waals surface area contributed by atoms with Gasteiger partial charge in [-0.05, 0) is 0 Å². The molecule has 1 aliphatic heterocycles. The Labute approximate surface area is 69.7 Å². The average Bonchev–Trinajstić information content (AvgIpc) is 2.08. The highest BCUT2D eigenvalue weighted by Gasteiger charge is 2.40. The molecule has 72 valence electrons. The monoisotopic (exact) mass is 178 g/mol. The van der Waals surface area contributed by atoms with Gasteiger partial charge in [-0.3, -0.25) is 0 Å². The zero-order chi connectivity index (χ0) is 9.30. The van der Waals surface area contributed by atoms with Crippen LogP contribution in [-0.2, 0) is 4.74 Å². The minimum absolute atomic E-state index is 0.345. The van der Waals surface area contributed by atoms with Gasteiger partial charge in [0, 0.05) is 0 Å². The number of hydrogen-bond donors (Lipinski definition) is 5. The fourth-order valence-electron chi connectivity index (χ4n) is 1.17. The van der Waals surface area contributed by atoms with Gasteiger partial charge in [0.2, 0.25) is 0 Å². The summed E-state index contributed by atoms with van der Waals surface area (Å²) >= 11 is 0. The molecule has 6 nitrogen and oxygen atoms in total. The molecule has 5 atom stereocenters. The van der Waals surface area contributed by atoms with Gasteiger partial charge in [-0.15, -0.1) is 0 Å². The third kappa shape index (κ3) is 1.58. The van der Waals surface area contributed by atoms with Crippen LogP contribution in [0, 0.1) is 0 Å². The second-order valence-electron chi connectivity index (χ2n) is 2.89. The van der Waals surface area contributed by atoms with E-state index < -0.39 is 30.6 Å². The van der Waals surface area contributed by atoms with Gasteiger partial charge in [0.25, 0.3) is 0 Å². The number of hydrogen-bond acceptors (Lipinski definition) is 6. The Bertz CT molecular complexity index is 152. The fraction of sp³-hybridized carbons (Fsp3) is 1.00. The summed E-state index contributed by atoms with van der Waals surface area (Å²) in [6.45, 7) is -0.345. The Hall–Kier alpha value is -0.240. The first-order valence-electron chi connectivity index (χ1n) is 3.71. The van der Waals surface area contributed by atoms with Gasteiger partial charge >= 0.3 is 0 Å². The van der Waals surface area contributed by atoms with Crippen molar-refractivity contribution in [1.82, 2.24) is 0 Å². The maximum absolute atomic E-state index is 9.32. The van der Waals surface area contributed by atoms with E-state index in [1.54, 1.807) is 0 Å². The lowest BCUT2D eigenvalue weighted by Crippen LogP contribution is -2.64. The first-order chi connectivity index (χ1) is 5.57. The topological polar surface area (TPSA) is 122 Å². The molecular formula is C6H14N2O4. The number of nitrogens with two attached hydrogens (primary N) is 2. The van der Waals surface area contributed by atoms with Gasteiger partial charge in [-0.1, -0.05) is 0 Å². The summed E-state index contributed by atoms with van der Waals surface area (Å²) in [4.78, 5) is 0. The molecule has 0 aromatic rings. The lowest BCUT2D eigenvalue weighted by molar-refractivity contribution is -0.215. The summed E-state index contributed by atoms with van der Waals surface area (Å²) in [6, 6.07) is -1.67. The Kier molecular flexibility index (Phi) is 2.99. The van der Waals surface area contributed by atoms with Crippen LogP contribution in [-0.4, -0.2) is 52.5 Å². The van der Waals surface area contributed by atoms with Crippen molar-refractivity contribution in [2.24, 2.45) is 11.5 Å². The Morgan fingerprint density at radius 1 is 1.17 bits per heavy atom. The predicted octanol–water partition coefficient (Wildman–Crippen LogP) is -3.29. The van der Waals surface area contributed by atoms with E-state index >= 15 is 0 Å². The molecule has 0 aromatic carbocycles. The third-order valence-corrected chi connectivity index (χ3v) is 2.04. The maximum atomic E-state index is 9.32. The van der Waals surface area contributed by atoms with E-state index in [2.05, 4.69) is 0 Å². The fourth-order valence-corrected chi connectivity index (χ4v) is 1.17. The van der Waals surface area contributed by atoms with Crippen LogP contribution in [0.5, 0.6) is 0 Å². The molecule has 0 radical (unpaired) electrons. The second kappa shape index (κ2) is 3.65. The lowest BCUT2D eigenvalue weighted by Gasteiger charge is -2.38. The van der Waals surface area contributed by atoms with Crippen LogP contribution in [0.15, 0.2) is 0 Å². The zero-order valence-corrected chi connectivity index (χ0v) is 6.50. The van der Waals surface area contributed by atoms with Gasteiger partial charge in [0.15, 0.2) is 6.29 Å². The van der Waals surface area contributed by atoms with Gasteiger partial charge < -0.3 is 31.5 Å². The van der Waals surface area contributed by atoms with Crippen molar-refractivity contribution in [3.63, 3.8) is 0 Å². The molecule has 0 aromatic heterocycles. The highest BCUT2D eigenvalue weighted by molar-refractivity contribution is 4.93. The summed E-state index contributed by atoms with van der Waals surface area (Å²) in [5.74, 6) is 0. The minimum atomic E-state index is -1.27.